The summed E-state index contributed by atoms with van der Waals surface area (Å²) in [5.41, 5.74) is 3.32. The van der Waals surface area contributed by atoms with Gasteiger partial charge in [0, 0.05) is 24.0 Å². The maximum atomic E-state index is 12.2. The van der Waals surface area contributed by atoms with Gasteiger partial charge in [-0.25, -0.2) is 13.4 Å². The number of carbonyl (C=O) groups excluding carboxylic acids is 1. The quantitative estimate of drug-likeness (QED) is 0.599. The fraction of sp³-hybridized carbons (Fsp3) is 0.200. The molecule has 2 aromatic carbocycles. The molecule has 1 amide bonds. The number of nitrogens with zero attached hydrogens (tertiary/aromatic N) is 2. The molecule has 0 aliphatic heterocycles. The fourth-order valence-corrected chi connectivity index (χ4v) is 4.04. The standard InChI is InChI=1S/C20H21N3O4S/c24-11-10-21-20(25)14-28(26,27)13-16-6-8-18(9-7-16)23-12-19(22-15-23)17-4-2-1-3-5-17/h1-9,12,15,24H,10-11,13-14H2,(H,21,25). The number of hydrogen-bond donors (Lipinski definition) is 2. The number of imidazole rings is 1. The summed E-state index contributed by atoms with van der Waals surface area (Å²) in [6.45, 7) is -0.188. The second kappa shape index (κ2) is 8.81. The topological polar surface area (TPSA) is 101 Å². The van der Waals surface area contributed by atoms with E-state index in [0.717, 1.165) is 16.9 Å². The third-order valence-electron chi connectivity index (χ3n) is 4.06. The molecule has 0 saturated carbocycles. The molecule has 146 valence electrons. The minimum atomic E-state index is -3.59. The molecule has 0 radical (unpaired) electrons. The Morgan fingerprint density at radius 2 is 1.79 bits per heavy atom. The average Bonchev–Trinajstić information content (AvgIpc) is 3.17. The fourth-order valence-electron chi connectivity index (χ4n) is 2.74. The molecule has 0 bridgehead atoms. The van der Waals surface area contributed by atoms with Gasteiger partial charge in [-0.3, -0.25) is 4.79 Å². The molecular formula is C20H21N3O4S. The van der Waals surface area contributed by atoms with Gasteiger partial charge in [-0.1, -0.05) is 42.5 Å². The Bertz CT molecular complexity index is 1030. The van der Waals surface area contributed by atoms with Crippen LogP contribution >= 0.6 is 0 Å². The summed E-state index contributed by atoms with van der Waals surface area (Å²) in [5, 5.41) is 11.0. The zero-order valence-corrected chi connectivity index (χ0v) is 16.0. The van der Waals surface area contributed by atoms with E-state index in [1.807, 2.05) is 53.2 Å². The minimum absolute atomic E-state index is 0.0406. The van der Waals surface area contributed by atoms with E-state index >= 15 is 0 Å². The monoisotopic (exact) mass is 399 g/mol. The first-order valence-corrected chi connectivity index (χ1v) is 10.6. The molecule has 7 nitrogen and oxygen atoms in total. The lowest BCUT2D eigenvalue weighted by atomic mass is 10.2. The third kappa shape index (κ3) is 5.28. The molecule has 0 aliphatic rings. The molecule has 0 saturated heterocycles. The van der Waals surface area contributed by atoms with Crippen molar-refractivity contribution in [1.82, 2.24) is 14.9 Å². The first-order valence-electron chi connectivity index (χ1n) is 8.73. The van der Waals surface area contributed by atoms with Crippen molar-refractivity contribution in [2.75, 3.05) is 18.9 Å². The second-order valence-corrected chi connectivity index (χ2v) is 8.37. The average molecular weight is 399 g/mol. The van der Waals surface area contributed by atoms with Crippen LogP contribution in [-0.4, -0.2) is 47.9 Å². The number of benzene rings is 2. The maximum absolute atomic E-state index is 12.2. The van der Waals surface area contributed by atoms with E-state index in [-0.39, 0.29) is 18.9 Å². The lowest BCUT2D eigenvalue weighted by Crippen LogP contribution is -2.32. The summed E-state index contributed by atoms with van der Waals surface area (Å²) < 4.78 is 26.2. The Morgan fingerprint density at radius 3 is 2.46 bits per heavy atom. The largest absolute Gasteiger partial charge is 0.395 e. The molecule has 1 heterocycles. The summed E-state index contributed by atoms with van der Waals surface area (Å²) in [7, 11) is -3.59. The number of amides is 1. The number of sulfone groups is 1. The van der Waals surface area contributed by atoms with Gasteiger partial charge in [0.25, 0.3) is 0 Å². The van der Waals surface area contributed by atoms with Crippen LogP contribution in [0.1, 0.15) is 5.56 Å². The highest BCUT2D eigenvalue weighted by Gasteiger charge is 2.17. The van der Waals surface area contributed by atoms with E-state index in [2.05, 4.69) is 10.3 Å². The van der Waals surface area contributed by atoms with E-state index in [9.17, 15) is 13.2 Å². The van der Waals surface area contributed by atoms with E-state index in [1.54, 1.807) is 18.5 Å². The first-order chi connectivity index (χ1) is 13.5. The summed E-state index contributed by atoms with van der Waals surface area (Å²) in [6, 6.07) is 16.9. The van der Waals surface area contributed by atoms with Crippen molar-refractivity contribution in [3.8, 4) is 16.9 Å². The molecule has 8 heteroatoms. The maximum Gasteiger partial charge on any atom is 0.235 e. The van der Waals surface area contributed by atoms with E-state index in [4.69, 9.17) is 5.11 Å². The van der Waals surface area contributed by atoms with Gasteiger partial charge in [0.2, 0.25) is 5.91 Å². The number of carbonyl (C=O) groups is 1. The molecule has 0 aliphatic carbocycles. The molecule has 0 spiro atoms. The van der Waals surface area contributed by atoms with Crippen molar-refractivity contribution in [3.63, 3.8) is 0 Å². The van der Waals surface area contributed by atoms with Gasteiger partial charge in [0.1, 0.15) is 5.75 Å². The zero-order chi connectivity index (χ0) is 20.0. The highest BCUT2D eigenvalue weighted by atomic mass is 32.2. The molecule has 3 rings (SSSR count). The van der Waals surface area contributed by atoms with Crippen molar-refractivity contribution >= 4 is 15.7 Å². The number of aliphatic hydroxyl groups is 1. The van der Waals surface area contributed by atoms with E-state index in [0.29, 0.717) is 5.56 Å². The Kier molecular flexibility index (Phi) is 6.23. The van der Waals surface area contributed by atoms with Crippen LogP contribution in [0.2, 0.25) is 0 Å². The second-order valence-electron chi connectivity index (χ2n) is 6.30. The van der Waals surface area contributed by atoms with Crippen molar-refractivity contribution in [1.29, 1.82) is 0 Å². The molecule has 1 aromatic heterocycles. The molecule has 0 atom stereocenters. The van der Waals surface area contributed by atoms with Gasteiger partial charge in [-0.05, 0) is 17.7 Å². The molecule has 2 N–H and O–H groups in total. The summed E-state index contributed by atoms with van der Waals surface area (Å²) in [5.74, 6) is -1.44. The van der Waals surface area contributed by atoms with Crippen molar-refractivity contribution < 1.29 is 18.3 Å². The van der Waals surface area contributed by atoms with E-state index < -0.39 is 21.5 Å². The predicted octanol–water partition coefficient (Wildman–Crippen LogP) is 1.56. The summed E-state index contributed by atoms with van der Waals surface area (Å²) >= 11 is 0. The highest BCUT2D eigenvalue weighted by molar-refractivity contribution is 7.91. The Morgan fingerprint density at radius 1 is 1.07 bits per heavy atom. The highest BCUT2D eigenvalue weighted by Crippen LogP contribution is 2.19. The predicted molar refractivity (Wildman–Crippen MR) is 107 cm³/mol. The van der Waals surface area contributed by atoms with Gasteiger partial charge in [-0.15, -0.1) is 0 Å². The number of nitrogens with one attached hydrogen (secondary N) is 1. The smallest absolute Gasteiger partial charge is 0.235 e. The van der Waals surface area contributed by atoms with Crippen molar-refractivity contribution in [2.45, 2.75) is 5.75 Å². The van der Waals surface area contributed by atoms with Gasteiger partial charge >= 0.3 is 0 Å². The SMILES string of the molecule is O=C(CS(=O)(=O)Cc1ccc(-n2cnc(-c3ccccc3)c2)cc1)NCCO. The van der Waals surface area contributed by atoms with Crippen LogP contribution in [0.4, 0.5) is 0 Å². The number of aliphatic hydroxyl groups excluding tert-OH is 1. The molecule has 3 aromatic rings. The normalized spacial score (nSPS) is 11.3. The molecule has 28 heavy (non-hydrogen) atoms. The van der Waals surface area contributed by atoms with Crippen LogP contribution in [0.5, 0.6) is 0 Å². The Balaban J connectivity index is 1.67. The minimum Gasteiger partial charge on any atom is -0.395 e. The van der Waals surface area contributed by atoms with Crippen LogP contribution in [0.15, 0.2) is 67.1 Å². The van der Waals surface area contributed by atoms with Crippen LogP contribution in [-0.2, 0) is 20.4 Å². The summed E-state index contributed by atoms with van der Waals surface area (Å²) in [6.07, 6.45) is 3.62. The zero-order valence-electron chi connectivity index (χ0n) is 15.2. The van der Waals surface area contributed by atoms with Crippen molar-refractivity contribution in [3.05, 3.63) is 72.7 Å². The number of rotatable bonds is 8. The van der Waals surface area contributed by atoms with Crippen LogP contribution in [0.25, 0.3) is 16.9 Å². The molecular weight excluding hydrogens is 378 g/mol. The van der Waals surface area contributed by atoms with Gasteiger partial charge in [0.05, 0.1) is 24.4 Å². The van der Waals surface area contributed by atoms with Gasteiger partial charge in [-0.2, -0.15) is 0 Å². The Hall–Kier alpha value is -2.97. The van der Waals surface area contributed by atoms with Crippen LogP contribution in [0, 0.1) is 0 Å². The van der Waals surface area contributed by atoms with Crippen LogP contribution < -0.4 is 5.32 Å². The lowest BCUT2D eigenvalue weighted by molar-refractivity contribution is -0.118. The Labute approximate surface area is 163 Å². The molecule has 0 unspecified atom stereocenters. The molecule has 0 fully saturated rings. The van der Waals surface area contributed by atoms with E-state index in [1.165, 1.54) is 0 Å². The number of hydrogen-bond acceptors (Lipinski definition) is 5. The van der Waals surface area contributed by atoms with Gasteiger partial charge < -0.3 is 15.0 Å². The third-order valence-corrected chi connectivity index (χ3v) is 5.53. The van der Waals surface area contributed by atoms with Crippen LogP contribution in [0.3, 0.4) is 0 Å². The lowest BCUT2D eigenvalue weighted by Gasteiger charge is -2.07. The van der Waals surface area contributed by atoms with Gasteiger partial charge in [0.15, 0.2) is 9.84 Å². The van der Waals surface area contributed by atoms with Crippen molar-refractivity contribution in [2.24, 2.45) is 0 Å². The summed E-state index contributed by atoms with van der Waals surface area (Å²) in [4.78, 5) is 16.0. The first kappa shape index (κ1) is 19.8. The number of aromatic nitrogens is 2.